The molecule has 0 aliphatic carbocycles. The summed E-state index contributed by atoms with van der Waals surface area (Å²) in [5.41, 5.74) is 2.62. The van der Waals surface area contributed by atoms with Crippen LogP contribution in [-0.2, 0) is 30.4 Å². The van der Waals surface area contributed by atoms with Gasteiger partial charge in [0.1, 0.15) is 16.7 Å². The van der Waals surface area contributed by atoms with E-state index in [1.807, 2.05) is 39.8 Å². The largest absolute Gasteiger partial charge is 1.00 e. The number of benzene rings is 1. The topological polar surface area (TPSA) is 170 Å². The summed E-state index contributed by atoms with van der Waals surface area (Å²) in [6.07, 6.45) is 9.43. The van der Waals surface area contributed by atoms with Gasteiger partial charge >= 0.3 is 35.5 Å². The summed E-state index contributed by atoms with van der Waals surface area (Å²) in [7, 11) is -8.97. The van der Waals surface area contributed by atoms with Crippen molar-refractivity contribution in [2.24, 2.45) is 10.5 Å². The van der Waals surface area contributed by atoms with E-state index in [9.17, 15) is 35.8 Å². The van der Waals surface area contributed by atoms with Crippen molar-refractivity contribution in [1.29, 1.82) is 0 Å². The molecule has 0 saturated carbocycles. The Morgan fingerprint density at radius 1 is 1.12 bits per heavy atom. The van der Waals surface area contributed by atoms with E-state index in [2.05, 4.69) is 9.68 Å². The van der Waals surface area contributed by atoms with Crippen LogP contribution in [0.15, 0.2) is 64.3 Å². The van der Waals surface area contributed by atoms with Gasteiger partial charge in [-0.2, -0.15) is 9.68 Å². The Bertz CT molecular complexity index is 1590. The number of carboxylic acid groups (broad SMARTS) is 1. The molecule has 42 heavy (non-hydrogen) atoms. The van der Waals surface area contributed by atoms with Crippen molar-refractivity contribution in [3.63, 3.8) is 0 Å². The van der Waals surface area contributed by atoms with Crippen LogP contribution in [0.25, 0.3) is 0 Å². The smallest absolute Gasteiger partial charge is 0.748 e. The van der Waals surface area contributed by atoms with E-state index >= 15 is 0 Å². The van der Waals surface area contributed by atoms with E-state index in [1.165, 1.54) is 12.1 Å². The fourth-order valence-electron chi connectivity index (χ4n) is 5.32. The summed E-state index contributed by atoms with van der Waals surface area (Å²) in [6.45, 7) is 10.4. The van der Waals surface area contributed by atoms with Gasteiger partial charge in [0, 0.05) is 53.2 Å². The summed E-state index contributed by atoms with van der Waals surface area (Å²) in [6, 6.07) is 4.41. The van der Waals surface area contributed by atoms with Crippen molar-refractivity contribution in [2.75, 3.05) is 18.8 Å². The van der Waals surface area contributed by atoms with Gasteiger partial charge in [-0.1, -0.05) is 18.2 Å². The maximum atomic E-state index is 11.6. The monoisotopic (exact) mass is 629 g/mol. The normalized spacial score (nSPS) is 21.4. The molecule has 1 N–H and O–H groups in total. The molecule has 1 atom stereocenters. The summed E-state index contributed by atoms with van der Waals surface area (Å²) in [5, 5.41) is 15.4. The minimum atomic E-state index is -4.59. The molecule has 224 valence electrons. The molecule has 1 aromatic rings. The van der Waals surface area contributed by atoms with E-state index in [4.69, 9.17) is 0 Å². The molecule has 0 saturated heterocycles. The standard InChI is InChI=1S/C28H37N3O8S2.Na/c1-6-30-23-14-13-21(41(37,38)39)19-22(23)27(3,4)24(30)11-8-7-9-12-25-28(5,16-15-26(32)33)20(2)29-31(25)17-10-18-40(34,35)36;/h7-9,11-14,19H,6,10,15-18H2,1-5H3,(H2-,32,33,34,35,36,37,38,39);/q;+1/p-1. The third-order valence-corrected chi connectivity index (χ3v) is 9.33. The number of rotatable bonds is 12. The third kappa shape index (κ3) is 8.07. The molecule has 0 radical (unpaired) electrons. The van der Waals surface area contributed by atoms with Crippen molar-refractivity contribution in [2.45, 2.75) is 64.2 Å². The number of hydrogen-bond donors (Lipinski definition) is 1. The molecule has 0 aromatic heterocycles. The van der Waals surface area contributed by atoms with Crippen molar-refractivity contribution < 1.29 is 70.0 Å². The van der Waals surface area contributed by atoms with Gasteiger partial charge in [0.05, 0.1) is 20.4 Å². The molecule has 2 aliphatic heterocycles. The number of carbonyl (C=O) groups is 1. The van der Waals surface area contributed by atoms with Crippen LogP contribution in [0, 0.1) is 5.41 Å². The summed E-state index contributed by atoms with van der Waals surface area (Å²) >= 11 is 0. The minimum Gasteiger partial charge on any atom is -0.748 e. The van der Waals surface area contributed by atoms with E-state index in [1.54, 1.807) is 36.2 Å². The first kappa shape index (κ1) is 36.1. The van der Waals surface area contributed by atoms with Gasteiger partial charge in [-0.3, -0.25) is 9.80 Å². The average Bonchev–Trinajstić information content (AvgIpc) is 3.22. The first-order valence-electron chi connectivity index (χ1n) is 13.2. The molecule has 0 fully saturated rings. The zero-order chi connectivity index (χ0) is 30.8. The van der Waals surface area contributed by atoms with Gasteiger partial charge in [0.2, 0.25) is 5.69 Å². The Kier molecular flexibility index (Phi) is 11.7. The quantitative estimate of drug-likeness (QED) is 0.150. The molecule has 2 heterocycles. The van der Waals surface area contributed by atoms with Crippen molar-refractivity contribution in [3.05, 3.63) is 59.8 Å². The second-order valence-corrected chi connectivity index (χ2v) is 13.7. The second-order valence-electron chi connectivity index (χ2n) is 10.8. The molecule has 0 bridgehead atoms. The Morgan fingerprint density at radius 2 is 1.79 bits per heavy atom. The SMILES string of the molecule is CC[N+]1=C(/C=C/C=C/C=C2/N(CCCS(=O)(=O)[O-])N=C(C)C2(C)CCC(=O)O)C(C)(C)c2cc(S(=O)(=O)[O-])ccc21.[Na+]. The molecule has 14 heteroatoms. The van der Waals surface area contributed by atoms with Crippen molar-refractivity contribution >= 4 is 43.3 Å². The molecule has 11 nitrogen and oxygen atoms in total. The van der Waals surface area contributed by atoms with Crippen molar-refractivity contribution in [1.82, 2.24) is 5.01 Å². The van der Waals surface area contributed by atoms with Gasteiger partial charge in [0.25, 0.3) is 0 Å². The number of fused-ring (bicyclic) bond motifs is 1. The number of carboxylic acids is 1. The maximum absolute atomic E-state index is 11.6. The Morgan fingerprint density at radius 3 is 2.36 bits per heavy atom. The molecule has 1 aromatic carbocycles. The Hall–Kier alpha value is -2.13. The van der Waals surface area contributed by atoms with Crippen LogP contribution in [0.1, 0.15) is 59.4 Å². The van der Waals surface area contributed by atoms with Crippen LogP contribution < -0.4 is 29.6 Å². The zero-order valence-corrected chi connectivity index (χ0v) is 28.5. The van der Waals surface area contributed by atoms with E-state index < -0.39 is 42.8 Å². The molecule has 0 spiro atoms. The fraction of sp³-hybridized carbons (Fsp3) is 0.464. The van der Waals surface area contributed by atoms with E-state index in [-0.39, 0.29) is 53.8 Å². The van der Waals surface area contributed by atoms with Crippen LogP contribution >= 0.6 is 0 Å². The summed E-state index contributed by atoms with van der Waals surface area (Å²) in [5.74, 6) is -1.46. The van der Waals surface area contributed by atoms with Gasteiger partial charge in [-0.05, 0) is 65.7 Å². The van der Waals surface area contributed by atoms with E-state index in [0.29, 0.717) is 24.4 Å². The van der Waals surface area contributed by atoms with Gasteiger partial charge < -0.3 is 14.2 Å². The third-order valence-electron chi connectivity index (χ3n) is 7.71. The van der Waals surface area contributed by atoms with Crippen LogP contribution in [0.5, 0.6) is 0 Å². The predicted molar refractivity (Wildman–Crippen MR) is 153 cm³/mol. The Balaban J connectivity index is 0.00000616. The molecule has 3 rings (SSSR count). The van der Waals surface area contributed by atoms with E-state index in [0.717, 1.165) is 17.0 Å². The zero-order valence-electron chi connectivity index (χ0n) is 24.8. The van der Waals surface area contributed by atoms with Crippen LogP contribution in [0.3, 0.4) is 0 Å². The van der Waals surface area contributed by atoms with Crippen LogP contribution in [-0.4, -0.2) is 76.9 Å². The maximum Gasteiger partial charge on any atom is 1.00 e. The van der Waals surface area contributed by atoms with Gasteiger partial charge in [-0.15, -0.1) is 0 Å². The summed E-state index contributed by atoms with van der Waals surface area (Å²) < 4.78 is 70.1. The minimum absolute atomic E-state index is 0. The first-order valence-corrected chi connectivity index (χ1v) is 16.2. The number of nitrogens with zero attached hydrogens (tertiary/aromatic N) is 3. The molecular formula is C28H36N3NaO8S2. The average molecular weight is 630 g/mol. The molecule has 2 aliphatic rings. The van der Waals surface area contributed by atoms with Crippen molar-refractivity contribution in [3.8, 4) is 0 Å². The van der Waals surface area contributed by atoms with Crippen LogP contribution in [0.4, 0.5) is 5.69 Å². The first-order chi connectivity index (χ1) is 18.9. The number of allylic oxidation sites excluding steroid dienone is 6. The van der Waals surface area contributed by atoms with Gasteiger partial charge in [0.15, 0.2) is 5.71 Å². The number of aliphatic carboxylic acids is 1. The molecule has 1 unspecified atom stereocenters. The predicted octanol–water partition coefficient (Wildman–Crippen LogP) is 0.485. The summed E-state index contributed by atoms with van der Waals surface area (Å²) in [4.78, 5) is 11.0. The fourth-order valence-corrected chi connectivity index (χ4v) is 6.30. The second kappa shape index (κ2) is 13.7. The molecular weight excluding hydrogens is 593 g/mol. The van der Waals surface area contributed by atoms with Gasteiger partial charge in [-0.25, -0.2) is 16.8 Å². The molecule has 0 amide bonds. The Labute approximate surface area is 270 Å². The number of hydrogen-bond acceptors (Lipinski definition) is 9. The van der Waals surface area contributed by atoms with Crippen LogP contribution in [0.2, 0.25) is 0 Å². The number of hydrazone groups is 1.